The minimum absolute atomic E-state index is 0.715. The lowest BCUT2D eigenvalue weighted by atomic mass is 10.3. The molecule has 1 N–H and O–H groups in total. The Balaban J connectivity index is 1.92. The second-order valence-electron chi connectivity index (χ2n) is 4.10. The van der Waals surface area contributed by atoms with Gasteiger partial charge in [0.05, 0.1) is 24.3 Å². The number of hydrogen-bond acceptors (Lipinski definition) is 4. The predicted molar refractivity (Wildman–Crippen MR) is 75.8 cm³/mol. The van der Waals surface area contributed by atoms with Crippen LogP contribution in [0.15, 0.2) is 54.7 Å². The third-order valence-corrected chi connectivity index (χ3v) is 2.79. The zero-order chi connectivity index (χ0) is 13.1. The van der Waals surface area contributed by atoms with Crippen LogP contribution < -0.4 is 10.1 Å². The molecule has 0 radical (unpaired) electrons. The van der Waals surface area contributed by atoms with Gasteiger partial charge in [0.15, 0.2) is 0 Å². The van der Waals surface area contributed by atoms with Crippen LogP contribution in [0.25, 0.3) is 11.0 Å². The van der Waals surface area contributed by atoms with Crippen molar-refractivity contribution in [1.29, 1.82) is 0 Å². The van der Waals surface area contributed by atoms with Crippen molar-refractivity contribution < 1.29 is 4.74 Å². The summed E-state index contributed by atoms with van der Waals surface area (Å²) in [5, 5.41) is 3.22. The van der Waals surface area contributed by atoms with E-state index in [0.717, 1.165) is 22.5 Å². The standard InChI is InChI=1S/C15H13N3O/c1-19-12-6-4-5-11(9-12)17-15-10-16-13-7-2-3-8-14(13)18-15/h2-10H,1H3,(H,17,18). The molecule has 0 aliphatic carbocycles. The van der Waals surface area contributed by atoms with Gasteiger partial charge in [-0.25, -0.2) is 4.98 Å². The highest BCUT2D eigenvalue weighted by Gasteiger charge is 2.00. The Morgan fingerprint density at radius 3 is 2.68 bits per heavy atom. The van der Waals surface area contributed by atoms with Crippen LogP contribution in [0.2, 0.25) is 0 Å². The molecular formula is C15H13N3O. The van der Waals surface area contributed by atoms with E-state index in [2.05, 4.69) is 15.3 Å². The van der Waals surface area contributed by atoms with Crippen molar-refractivity contribution in [3.8, 4) is 5.75 Å². The maximum atomic E-state index is 5.19. The van der Waals surface area contributed by atoms with Gasteiger partial charge in [-0.1, -0.05) is 18.2 Å². The van der Waals surface area contributed by atoms with E-state index in [4.69, 9.17) is 4.74 Å². The van der Waals surface area contributed by atoms with Crippen molar-refractivity contribution >= 4 is 22.5 Å². The summed E-state index contributed by atoms with van der Waals surface area (Å²) in [6.07, 6.45) is 1.72. The van der Waals surface area contributed by atoms with Gasteiger partial charge in [-0.15, -0.1) is 0 Å². The fourth-order valence-corrected chi connectivity index (χ4v) is 1.87. The van der Waals surface area contributed by atoms with Gasteiger partial charge in [-0.05, 0) is 24.3 Å². The molecule has 0 saturated carbocycles. The smallest absolute Gasteiger partial charge is 0.149 e. The number of fused-ring (bicyclic) bond motifs is 1. The van der Waals surface area contributed by atoms with Crippen LogP contribution in [-0.2, 0) is 0 Å². The summed E-state index contributed by atoms with van der Waals surface area (Å²) in [6.45, 7) is 0. The van der Waals surface area contributed by atoms with Crippen LogP contribution in [0.5, 0.6) is 5.75 Å². The largest absolute Gasteiger partial charge is 0.497 e. The molecule has 1 heterocycles. The molecule has 0 unspecified atom stereocenters. The maximum Gasteiger partial charge on any atom is 0.149 e. The molecule has 0 fully saturated rings. The Morgan fingerprint density at radius 1 is 1.00 bits per heavy atom. The summed E-state index contributed by atoms with van der Waals surface area (Å²) >= 11 is 0. The monoisotopic (exact) mass is 251 g/mol. The van der Waals surface area contributed by atoms with E-state index in [0.29, 0.717) is 5.82 Å². The Morgan fingerprint density at radius 2 is 1.84 bits per heavy atom. The van der Waals surface area contributed by atoms with Gasteiger partial charge in [0, 0.05) is 11.8 Å². The molecule has 0 amide bonds. The average Bonchev–Trinajstić information content (AvgIpc) is 2.47. The van der Waals surface area contributed by atoms with Crippen molar-refractivity contribution in [2.45, 2.75) is 0 Å². The lowest BCUT2D eigenvalue weighted by Gasteiger charge is -2.07. The minimum atomic E-state index is 0.715. The highest BCUT2D eigenvalue weighted by Crippen LogP contribution is 2.20. The summed E-state index contributed by atoms with van der Waals surface area (Å²) in [7, 11) is 1.65. The molecule has 4 heteroatoms. The van der Waals surface area contributed by atoms with Crippen LogP contribution >= 0.6 is 0 Å². The highest BCUT2D eigenvalue weighted by atomic mass is 16.5. The first-order valence-corrected chi connectivity index (χ1v) is 5.98. The Hall–Kier alpha value is -2.62. The van der Waals surface area contributed by atoms with Crippen molar-refractivity contribution in [2.24, 2.45) is 0 Å². The quantitative estimate of drug-likeness (QED) is 0.775. The number of hydrogen-bond donors (Lipinski definition) is 1. The van der Waals surface area contributed by atoms with Gasteiger partial charge in [0.25, 0.3) is 0 Å². The zero-order valence-corrected chi connectivity index (χ0v) is 10.5. The number of rotatable bonds is 3. The summed E-state index contributed by atoms with van der Waals surface area (Å²) in [5.41, 5.74) is 2.68. The van der Waals surface area contributed by atoms with E-state index < -0.39 is 0 Å². The summed E-state index contributed by atoms with van der Waals surface area (Å²) in [4.78, 5) is 8.88. The third kappa shape index (κ3) is 2.47. The second kappa shape index (κ2) is 4.94. The summed E-state index contributed by atoms with van der Waals surface area (Å²) in [6, 6.07) is 15.5. The average molecular weight is 251 g/mol. The molecule has 0 spiro atoms. The van der Waals surface area contributed by atoms with E-state index in [1.54, 1.807) is 13.3 Å². The van der Waals surface area contributed by atoms with E-state index in [-0.39, 0.29) is 0 Å². The van der Waals surface area contributed by atoms with Crippen LogP contribution in [0.1, 0.15) is 0 Å². The topological polar surface area (TPSA) is 47.0 Å². The van der Waals surface area contributed by atoms with Crippen molar-refractivity contribution in [3.63, 3.8) is 0 Å². The zero-order valence-electron chi connectivity index (χ0n) is 10.5. The lowest BCUT2D eigenvalue weighted by molar-refractivity contribution is 0.415. The van der Waals surface area contributed by atoms with E-state index >= 15 is 0 Å². The lowest BCUT2D eigenvalue weighted by Crippen LogP contribution is -1.95. The van der Waals surface area contributed by atoms with Crippen LogP contribution in [0, 0.1) is 0 Å². The van der Waals surface area contributed by atoms with Gasteiger partial charge in [-0.2, -0.15) is 0 Å². The van der Waals surface area contributed by atoms with Crippen molar-refractivity contribution in [2.75, 3.05) is 12.4 Å². The summed E-state index contributed by atoms with van der Waals surface area (Å²) < 4.78 is 5.19. The molecule has 4 nitrogen and oxygen atoms in total. The van der Waals surface area contributed by atoms with Gasteiger partial charge in [0.2, 0.25) is 0 Å². The van der Waals surface area contributed by atoms with Gasteiger partial charge in [-0.3, -0.25) is 4.98 Å². The molecular weight excluding hydrogens is 238 g/mol. The molecule has 1 aromatic heterocycles. The molecule has 0 aliphatic heterocycles. The Labute approximate surface area is 111 Å². The first kappa shape index (κ1) is 11.5. The molecule has 0 saturated heterocycles. The Bertz CT molecular complexity index is 712. The molecule has 0 atom stereocenters. The minimum Gasteiger partial charge on any atom is -0.497 e. The highest BCUT2D eigenvalue weighted by molar-refractivity contribution is 5.76. The van der Waals surface area contributed by atoms with Crippen LogP contribution in [-0.4, -0.2) is 17.1 Å². The fourth-order valence-electron chi connectivity index (χ4n) is 1.87. The number of anilines is 2. The molecule has 0 aliphatic rings. The normalized spacial score (nSPS) is 10.4. The molecule has 0 bridgehead atoms. The first-order chi connectivity index (χ1) is 9.35. The van der Waals surface area contributed by atoms with E-state index in [1.807, 2.05) is 48.5 Å². The molecule has 19 heavy (non-hydrogen) atoms. The van der Waals surface area contributed by atoms with Gasteiger partial charge >= 0.3 is 0 Å². The molecule has 3 aromatic rings. The first-order valence-electron chi connectivity index (χ1n) is 5.98. The number of para-hydroxylation sites is 2. The SMILES string of the molecule is COc1cccc(Nc2cnc3ccccc3n2)c1. The number of benzene rings is 2. The van der Waals surface area contributed by atoms with Crippen LogP contribution in [0.4, 0.5) is 11.5 Å². The molecule has 2 aromatic carbocycles. The fraction of sp³-hybridized carbons (Fsp3) is 0.0667. The van der Waals surface area contributed by atoms with Crippen molar-refractivity contribution in [1.82, 2.24) is 9.97 Å². The Kier molecular flexibility index (Phi) is 2.98. The number of nitrogens with zero attached hydrogens (tertiary/aromatic N) is 2. The number of nitrogens with one attached hydrogen (secondary N) is 1. The van der Waals surface area contributed by atoms with Crippen molar-refractivity contribution in [3.05, 3.63) is 54.7 Å². The second-order valence-corrected chi connectivity index (χ2v) is 4.10. The van der Waals surface area contributed by atoms with E-state index in [1.165, 1.54) is 0 Å². The number of ether oxygens (including phenoxy) is 1. The van der Waals surface area contributed by atoms with Crippen LogP contribution in [0.3, 0.4) is 0 Å². The predicted octanol–water partition coefficient (Wildman–Crippen LogP) is 3.38. The molecule has 3 rings (SSSR count). The van der Waals surface area contributed by atoms with Gasteiger partial charge in [0.1, 0.15) is 11.6 Å². The molecule has 94 valence electrons. The van der Waals surface area contributed by atoms with E-state index in [9.17, 15) is 0 Å². The van der Waals surface area contributed by atoms with Gasteiger partial charge < -0.3 is 10.1 Å². The maximum absolute atomic E-state index is 5.19. The number of aromatic nitrogens is 2. The number of methoxy groups -OCH3 is 1. The summed E-state index contributed by atoms with van der Waals surface area (Å²) in [5.74, 6) is 1.52. The third-order valence-electron chi connectivity index (χ3n) is 2.79.